The highest BCUT2D eigenvalue weighted by Crippen LogP contribution is 2.20. The summed E-state index contributed by atoms with van der Waals surface area (Å²) in [5.74, 6) is -0.624. The van der Waals surface area contributed by atoms with E-state index in [9.17, 15) is 14.5 Å². The summed E-state index contributed by atoms with van der Waals surface area (Å²) < 4.78 is 13.2. The minimum atomic E-state index is -0.624. The summed E-state index contributed by atoms with van der Waals surface area (Å²) in [6.07, 6.45) is 0. The topological polar surface area (TPSA) is 55.2 Å². The minimum Gasteiger partial charge on any atom is -0.381 e. The highest BCUT2D eigenvalue weighted by atomic mass is 19.1. The molecule has 98 valence electrons. The Morgan fingerprint density at radius 1 is 1.21 bits per heavy atom. The summed E-state index contributed by atoms with van der Waals surface area (Å²) in [4.78, 5) is 10.0. The van der Waals surface area contributed by atoms with Crippen molar-refractivity contribution in [2.75, 3.05) is 5.32 Å². The van der Waals surface area contributed by atoms with Crippen LogP contribution in [0, 0.1) is 22.9 Å². The fraction of sp³-hybridized carbons (Fsp3) is 0.143. The third kappa shape index (κ3) is 3.51. The maximum absolute atomic E-state index is 13.2. The van der Waals surface area contributed by atoms with Gasteiger partial charge in [0.15, 0.2) is 0 Å². The molecule has 0 bridgehead atoms. The molecule has 0 aromatic heterocycles. The van der Waals surface area contributed by atoms with Gasteiger partial charge in [-0.05, 0) is 18.6 Å². The predicted molar refractivity (Wildman–Crippen MR) is 71.6 cm³/mol. The number of halogens is 1. The Morgan fingerprint density at radius 2 is 1.89 bits per heavy atom. The number of nitro benzene ring substituents is 1. The summed E-state index contributed by atoms with van der Waals surface area (Å²) in [7, 11) is 0. The van der Waals surface area contributed by atoms with Gasteiger partial charge in [0.1, 0.15) is 5.82 Å². The molecule has 0 heterocycles. The van der Waals surface area contributed by atoms with E-state index in [-0.39, 0.29) is 5.69 Å². The molecule has 0 aliphatic carbocycles. The number of anilines is 1. The van der Waals surface area contributed by atoms with Crippen LogP contribution in [0.3, 0.4) is 0 Å². The third-order valence-electron chi connectivity index (χ3n) is 2.71. The summed E-state index contributed by atoms with van der Waals surface area (Å²) in [6, 6.07) is 11.3. The zero-order valence-electron chi connectivity index (χ0n) is 10.4. The first-order valence-corrected chi connectivity index (χ1v) is 5.79. The fourth-order valence-electron chi connectivity index (χ4n) is 1.69. The standard InChI is InChI=1S/C14H13FN2O2/c1-10-2-4-11(5-3-10)9-16-13-6-12(15)7-14(8-13)17(18)19/h2-8,16H,9H2,1H3. The van der Waals surface area contributed by atoms with Gasteiger partial charge in [-0.2, -0.15) is 0 Å². The number of benzene rings is 2. The Hall–Kier alpha value is -2.43. The van der Waals surface area contributed by atoms with Gasteiger partial charge in [-0.1, -0.05) is 29.8 Å². The second-order valence-electron chi connectivity index (χ2n) is 4.29. The van der Waals surface area contributed by atoms with E-state index >= 15 is 0 Å². The minimum absolute atomic E-state index is 0.258. The smallest absolute Gasteiger partial charge is 0.274 e. The number of hydrogen-bond donors (Lipinski definition) is 1. The molecule has 0 saturated carbocycles. The lowest BCUT2D eigenvalue weighted by Gasteiger charge is -2.07. The lowest BCUT2D eigenvalue weighted by atomic mass is 10.1. The first kappa shape index (κ1) is 13.0. The number of nitrogens with one attached hydrogen (secondary N) is 1. The van der Waals surface area contributed by atoms with Crippen molar-refractivity contribution >= 4 is 11.4 Å². The van der Waals surface area contributed by atoms with Crippen molar-refractivity contribution in [2.45, 2.75) is 13.5 Å². The molecule has 0 aliphatic rings. The molecular weight excluding hydrogens is 247 g/mol. The molecule has 2 aromatic rings. The Labute approximate surface area is 110 Å². The van der Waals surface area contributed by atoms with Crippen molar-refractivity contribution in [3.8, 4) is 0 Å². The fourth-order valence-corrected chi connectivity index (χ4v) is 1.69. The molecule has 5 heteroatoms. The Bertz CT molecular complexity index is 597. The van der Waals surface area contributed by atoms with E-state index in [2.05, 4.69) is 5.32 Å². The molecule has 0 spiro atoms. The van der Waals surface area contributed by atoms with Crippen LogP contribution < -0.4 is 5.32 Å². The molecule has 2 aromatic carbocycles. The molecule has 1 N–H and O–H groups in total. The lowest BCUT2D eigenvalue weighted by molar-refractivity contribution is -0.385. The summed E-state index contributed by atoms with van der Waals surface area (Å²) in [5, 5.41) is 13.6. The quantitative estimate of drug-likeness (QED) is 0.674. The highest BCUT2D eigenvalue weighted by molar-refractivity contribution is 5.51. The van der Waals surface area contributed by atoms with Crippen LogP contribution in [0.5, 0.6) is 0 Å². The van der Waals surface area contributed by atoms with Gasteiger partial charge in [0, 0.05) is 18.3 Å². The molecule has 0 atom stereocenters. The number of aryl methyl sites for hydroxylation is 1. The van der Waals surface area contributed by atoms with Crippen molar-refractivity contribution in [3.05, 3.63) is 69.5 Å². The van der Waals surface area contributed by atoms with Gasteiger partial charge in [-0.3, -0.25) is 10.1 Å². The second-order valence-corrected chi connectivity index (χ2v) is 4.29. The van der Waals surface area contributed by atoms with Gasteiger partial charge in [0.25, 0.3) is 5.69 Å². The molecule has 0 fully saturated rings. The van der Waals surface area contributed by atoms with E-state index in [4.69, 9.17) is 0 Å². The Morgan fingerprint density at radius 3 is 2.53 bits per heavy atom. The van der Waals surface area contributed by atoms with Gasteiger partial charge in [0.05, 0.1) is 11.0 Å². The maximum atomic E-state index is 13.2. The molecule has 0 amide bonds. The molecular formula is C14H13FN2O2. The van der Waals surface area contributed by atoms with Crippen LogP contribution in [0.2, 0.25) is 0 Å². The van der Waals surface area contributed by atoms with Crippen LogP contribution in [0.15, 0.2) is 42.5 Å². The van der Waals surface area contributed by atoms with E-state index < -0.39 is 10.7 Å². The second kappa shape index (κ2) is 5.48. The van der Waals surface area contributed by atoms with Gasteiger partial charge in [-0.15, -0.1) is 0 Å². The molecule has 0 radical (unpaired) electrons. The molecule has 0 saturated heterocycles. The Kier molecular flexibility index (Phi) is 3.75. The SMILES string of the molecule is Cc1ccc(CNc2cc(F)cc([N+](=O)[O-])c2)cc1. The monoisotopic (exact) mass is 260 g/mol. The van der Waals surface area contributed by atoms with Crippen LogP contribution in [-0.2, 0) is 6.54 Å². The molecule has 4 nitrogen and oxygen atoms in total. The summed E-state index contributed by atoms with van der Waals surface area (Å²) in [5.41, 5.74) is 2.32. The van der Waals surface area contributed by atoms with E-state index in [0.717, 1.165) is 17.2 Å². The van der Waals surface area contributed by atoms with Gasteiger partial charge < -0.3 is 5.32 Å². The normalized spacial score (nSPS) is 10.2. The van der Waals surface area contributed by atoms with Crippen molar-refractivity contribution in [2.24, 2.45) is 0 Å². The zero-order valence-corrected chi connectivity index (χ0v) is 10.4. The summed E-state index contributed by atoms with van der Waals surface area (Å²) >= 11 is 0. The molecule has 0 unspecified atom stereocenters. The molecule has 0 aliphatic heterocycles. The van der Waals surface area contributed by atoms with Crippen LogP contribution >= 0.6 is 0 Å². The molecule has 2 rings (SSSR count). The summed E-state index contributed by atoms with van der Waals surface area (Å²) in [6.45, 7) is 2.48. The van der Waals surface area contributed by atoms with Gasteiger partial charge in [-0.25, -0.2) is 4.39 Å². The number of hydrogen-bond acceptors (Lipinski definition) is 3. The Balaban J connectivity index is 2.11. The molecule has 19 heavy (non-hydrogen) atoms. The third-order valence-corrected chi connectivity index (χ3v) is 2.71. The highest BCUT2D eigenvalue weighted by Gasteiger charge is 2.09. The average molecular weight is 260 g/mol. The lowest BCUT2D eigenvalue weighted by Crippen LogP contribution is -2.00. The number of nitro groups is 1. The zero-order chi connectivity index (χ0) is 13.8. The first-order chi connectivity index (χ1) is 9.04. The maximum Gasteiger partial charge on any atom is 0.274 e. The van der Waals surface area contributed by atoms with Gasteiger partial charge in [0.2, 0.25) is 0 Å². The average Bonchev–Trinajstić information content (AvgIpc) is 2.37. The van der Waals surface area contributed by atoms with E-state index in [1.807, 2.05) is 31.2 Å². The van der Waals surface area contributed by atoms with Crippen molar-refractivity contribution in [3.63, 3.8) is 0 Å². The van der Waals surface area contributed by atoms with E-state index in [1.165, 1.54) is 12.1 Å². The van der Waals surface area contributed by atoms with Gasteiger partial charge >= 0.3 is 0 Å². The van der Waals surface area contributed by atoms with Crippen LogP contribution in [0.1, 0.15) is 11.1 Å². The van der Waals surface area contributed by atoms with Crippen LogP contribution in [-0.4, -0.2) is 4.92 Å². The van der Waals surface area contributed by atoms with E-state index in [1.54, 1.807) is 0 Å². The van der Waals surface area contributed by atoms with Crippen molar-refractivity contribution in [1.82, 2.24) is 0 Å². The van der Waals surface area contributed by atoms with E-state index in [0.29, 0.717) is 12.2 Å². The number of nitrogens with zero attached hydrogens (tertiary/aromatic N) is 1. The first-order valence-electron chi connectivity index (χ1n) is 5.79. The number of non-ortho nitro benzene ring substituents is 1. The van der Waals surface area contributed by atoms with Crippen LogP contribution in [0.25, 0.3) is 0 Å². The van der Waals surface area contributed by atoms with Crippen LogP contribution in [0.4, 0.5) is 15.8 Å². The van der Waals surface area contributed by atoms with Crippen molar-refractivity contribution < 1.29 is 9.31 Å². The largest absolute Gasteiger partial charge is 0.381 e. The van der Waals surface area contributed by atoms with Crippen molar-refractivity contribution in [1.29, 1.82) is 0 Å². The predicted octanol–water partition coefficient (Wildman–Crippen LogP) is 3.65. The number of rotatable bonds is 4.